The van der Waals surface area contributed by atoms with Crippen LogP contribution in [-0.2, 0) is 73.8 Å². The topological polar surface area (TPSA) is 232 Å². The van der Waals surface area contributed by atoms with E-state index in [9.17, 15) is 127 Å². The third-order valence-corrected chi connectivity index (χ3v) is 12.7. The number of ether oxygens (including phenoxy) is 12. The van der Waals surface area contributed by atoms with Crippen LogP contribution < -0.4 is 9.47 Å². The van der Waals surface area contributed by atoms with E-state index in [0.717, 1.165) is 24.3 Å². The molecule has 4 unspecified atom stereocenters. The van der Waals surface area contributed by atoms with Crippen LogP contribution in [0.3, 0.4) is 0 Å². The lowest BCUT2D eigenvalue weighted by atomic mass is 10.1. The third kappa shape index (κ3) is 27.5. The highest BCUT2D eigenvalue weighted by Crippen LogP contribution is 2.52. The molecule has 0 aliphatic rings. The van der Waals surface area contributed by atoms with Gasteiger partial charge in [-0.15, -0.1) is 0 Å². The SMILES string of the molecule is Oc1ccc(OCC(O)COCC(F)(F)OC(F)(F)C(F)(F)OC(F)(F)C(F)(F)COCc2ccc(COC(O)CCCCCCCC(O)OCc3ccc(COCC(F)(F)C(F)(F)C(F)(F)OC(F)(F)C(F)(F)OC(F)(F)COCC(O)COc4ccc(O)cc4)cc3)cc2)cc1. The molecule has 0 aromatic heterocycles. The van der Waals surface area contributed by atoms with Gasteiger partial charge in [0.1, 0.15) is 74.8 Å². The van der Waals surface area contributed by atoms with Gasteiger partial charge in [0.2, 0.25) is 0 Å². The molecule has 4 aromatic rings. The molecule has 6 N–H and O–H groups in total. The lowest BCUT2D eigenvalue weighted by Gasteiger charge is -2.36. The minimum atomic E-state index is -7.23. The van der Waals surface area contributed by atoms with E-state index in [4.69, 9.17) is 18.9 Å². The van der Waals surface area contributed by atoms with E-state index in [-0.39, 0.29) is 60.2 Å². The molecule has 0 saturated carbocycles. The van der Waals surface area contributed by atoms with Crippen molar-refractivity contribution in [3.8, 4) is 23.0 Å². The fraction of sp³-hybridized carbons (Fsp3) is 0.586. The lowest BCUT2D eigenvalue weighted by Crippen LogP contribution is -2.62. The molecule has 4 aromatic carbocycles. The molecular formula is C58H64F22O18. The summed E-state index contributed by atoms with van der Waals surface area (Å²) in [6.45, 7) is -15.8. The minimum absolute atomic E-state index is 0.0146. The van der Waals surface area contributed by atoms with Crippen molar-refractivity contribution in [1.29, 1.82) is 0 Å². The molecule has 0 fully saturated rings. The molecule has 0 saturated heterocycles. The van der Waals surface area contributed by atoms with E-state index in [0.29, 0.717) is 43.2 Å². The number of unbranched alkanes of at least 4 members (excludes halogenated alkanes) is 4. The molecule has 4 rings (SSSR count). The largest absolute Gasteiger partial charge is 0.508 e. The van der Waals surface area contributed by atoms with E-state index < -0.39 is 157 Å². The molecule has 18 nitrogen and oxygen atoms in total. The van der Waals surface area contributed by atoms with Crippen LogP contribution in [0.25, 0.3) is 0 Å². The van der Waals surface area contributed by atoms with Gasteiger partial charge in [-0.2, -0.15) is 96.6 Å². The zero-order valence-electron chi connectivity index (χ0n) is 50.4. The Kier molecular flexibility index (Phi) is 31.0. The molecule has 0 aliphatic heterocycles. The molecule has 4 atom stereocenters. The van der Waals surface area contributed by atoms with E-state index >= 15 is 0 Å². The van der Waals surface area contributed by atoms with Crippen LogP contribution in [0.2, 0.25) is 0 Å². The Morgan fingerprint density at radius 3 is 0.969 bits per heavy atom. The molecule has 0 aliphatic carbocycles. The Hall–Kier alpha value is -6.02. The average Bonchev–Trinajstić information content (AvgIpc) is 0.757. The monoisotopic (exact) mass is 1470 g/mol. The van der Waals surface area contributed by atoms with Crippen molar-refractivity contribution in [2.45, 2.75) is 163 Å². The van der Waals surface area contributed by atoms with Crippen LogP contribution >= 0.6 is 0 Å². The van der Waals surface area contributed by atoms with Crippen LogP contribution in [0.5, 0.6) is 23.0 Å². The first kappa shape index (κ1) is 84.4. The number of hydrogen-bond donors (Lipinski definition) is 6. The summed E-state index contributed by atoms with van der Waals surface area (Å²) in [4.78, 5) is 0. The van der Waals surface area contributed by atoms with Crippen molar-refractivity contribution in [2.75, 3.05) is 52.9 Å². The minimum Gasteiger partial charge on any atom is -0.508 e. The van der Waals surface area contributed by atoms with E-state index in [1.165, 1.54) is 72.8 Å². The Morgan fingerprint density at radius 1 is 0.306 bits per heavy atom. The van der Waals surface area contributed by atoms with Gasteiger partial charge in [-0.25, -0.2) is 18.9 Å². The molecule has 0 heterocycles. The van der Waals surface area contributed by atoms with Crippen LogP contribution in [0.15, 0.2) is 97.1 Å². The Bertz CT molecular complexity index is 2940. The first-order chi connectivity index (χ1) is 45.2. The van der Waals surface area contributed by atoms with Crippen LogP contribution in [0.1, 0.15) is 67.2 Å². The number of phenols is 2. The summed E-state index contributed by atoms with van der Waals surface area (Å²) in [5.74, 6) is -19.3. The number of halogens is 22. The molecule has 40 heteroatoms. The number of aliphatic hydroxyl groups excluding tert-OH is 4. The zero-order valence-corrected chi connectivity index (χ0v) is 50.4. The first-order valence-electron chi connectivity index (χ1n) is 28.4. The molecule has 0 bridgehead atoms. The maximum atomic E-state index is 14.4. The number of rotatable bonds is 49. The van der Waals surface area contributed by atoms with Crippen molar-refractivity contribution in [3.05, 3.63) is 119 Å². The predicted octanol–water partition coefficient (Wildman–Crippen LogP) is 12.9. The average molecular weight is 1470 g/mol. The van der Waals surface area contributed by atoms with E-state index in [2.05, 4.69) is 37.9 Å². The smallest absolute Gasteiger partial charge is 0.453 e. The summed E-state index contributed by atoms with van der Waals surface area (Å²) < 4.78 is 359. The van der Waals surface area contributed by atoms with Gasteiger partial charge in [-0.05, 0) is 96.5 Å². The van der Waals surface area contributed by atoms with Crippen LogP contribution in [0, 0.1) is 0 Å². The number of aliphatic hydroxyl groups is 4. The van der Waals surface area contributed by atoms with Gasteiger partial charge >= 0.3 is 66.6 Å². The van der Waals surface area contributed by atoms with Crippen LogP contribution in [0.4, 0.5) is 96.6 Å². The summed E-state index contributed by atoms with van der Waals surface area (Å²) in [6, 6.07) is 19.4. The van der Waals surface area contributed by atoms with Crippen molar-refractivity contribution in [2.24, 2.45) is 0 Å². The second kappa shape index (κ2) is 36.0. The molecule has 98 heavy (non-hydrogen) atoms. The summed E-state index contributed by atoms with van der Waals surface area (Å²) in [6.07, 6.45) is -55.5. The summed E-state index contributed by atoms with van der Waals surface area (Å²) >= 11 is 0. The molecule has 558 valence electrons. The Balaban J connectivity index is 1.06. The predicted molar refractivity (Wildman–Crippen MR) is 286 cm³/mol. The number of aromatic hydroxyl groups is 2. The fourth-order valence-corrected chi connectivity index (χ4v) is 7.49. The maximum absolute atomic E-state index is 14.4. The summed E-state index contributed by atoms with van der Waals surface area (Å²) in [7, 11) is 0. The summed E-state index contributed by atoms with van der Waals surface area (Å²) in [5, 5.41) is 58.4. The van der Waals surface area contributed by atoms with Crippen molar-refractivity contribution < 1.29 is 184 Å². The zero-order chi connectivity index (χ0) is 73.7. The Morgan fingerprint density at radius 2 is 0.612 bits per heavy atom. The van der Waals surface area contributed by atoms with Gasteiger partial charge in [0, 0.05) is 0 Å². The highest BCUT2D eigenvalue weighted by atomic mass is 19.4. The molecule has 0 radical (unpaired) electrons. The lowest BCUT2D eigenvalue weighted by molar-refractivity contribution is -0.537. The highest BCUT2D eigenvalue weighted by molar-refractivity contribution is 5.31. The standard InChI is InChI=1S/C58H64F22O18/c59-48(60,52(67,68)54(71,72)98-58(79,80)56(75,76)96-51(65,66)35-90-29-43(84)31-92-45-22-18-41(82)19-23-45)32-87-24-36-8-12-38(13-9-36)26-93-46(85)6-4-2-1-3-5-7-47(86)94-27-39-14-10-37(11-15-39)25-88-33-49(61,62)53(69,70)97-57(77,78)55(73,74)95-50(63,64)34-89-28-42(83)30-91-44-20-16-40(81)17-21-44/h8-23,42-43,46-47,81-86H,1-7,24-35H2. The second-order valence-electron chi connectivity index (χ2n) is 21.2. The van der Waals surface area contributed by atoms with Gasteiger partial charge < -0.3 is 68.5 Å². The van der Waals surface area contributed by atoms with Gasteiger partial charge in [0.05, 0.1) is 39.6 Å². The second-order valence-corrected chi connectivity index (χ2v) is 21.2. The van der Waals surface area contributed by atoms with Gasteiger partial charge in [-0.1, -0.05) is 67.8 Å². The number of hydrogen-bond acceptors (Lipinski definition) is 18. The molecule has 0 spiro atoms. The van der Waals surface area contributed by atoms with Crippen LogP contribution in [-0.4, -0.2) is 175 Å². The number of benzene rings is 4. The van der Waals surface area contributed by atoms with Crippen molar-refractivity contribution >= 4 is 0 Å². The molecule has 0 amide bonds. The van der Waals surface area contributed by atoms with Crippen molar-refractivity contribution in [3.63, 3.8) is 0 Å². The van der Waals surface area contributed by atoms with Crippen molar-refractivity contribution in [1.82, 2.24) is 0 Å². The normalized spacial score (nSPS) is 14.9. The van der Waals surface area contributed by atoms with Gasteiger partial charge in [-0.3, -0.25) is 0 Å². The number of phenolic OH excluding ortho intramolecular Hbond substituents is 2. The third-order valence-electron chi connectivity index (χ3n) is 12.7. The summed E-state index contributed by atoms with van der Waals surface area (Å²) in [5.41, 5.74) is 0.650. The fourth-order valence-electron chi connectivity index (χ4n) is 7.49. The maximum Gasteiger partial charge on any atom is 0.453 e. The Labute approximate surface area is 541 Å². The molecular weight excluding hydrogens is 1400 g/mol. The number of alkyl halides is 22. The van der Waals surface area contributed by atoms with Gasteiger partial charge in [0.25, 0.3) is 0 Å². The first-order valence-corrected chi connectivity index (χ1v) is 28.4. The quantitative estimate of drug-likeness (QED) is 0.0137. The van der Waals surface area contributed by atoms with Gasteiger partial charge in [0.15, 0.2) is 12.6 Å². The van der Waals surface area contributed by atoms with E-state index in [1.807, 2.05) is 0 Å². The highest BCUT2D eigenvalue weighted by Gasteiger charge is 2.78. The van der Waals surface area contributed by atoms with E-state index in [1.54, 1.807) is 0 Å².